The van der Waals surface area contributed by atoms with Gasteiger partial charge < -0.3 is 10.4 Å². The molecule has 1 atom stereocenters. The summed E-state index contributed by atoms with van der Waals surface area (Å²) >= 11 is 0. The van der Waals surface area contributed by atoms with E-state index >= 15 is 0 Å². The zero-order valence-corrected chi connectivity index (χ0v) is 6.25. The van der Waals surface area contributed by atoms with E-state index in [-0.39, 0.29) is 0 Å². The smallest absolute Gasteiger partial charge is 0.115 e. The number of aromatic hydroxyl groups is 1. The van der Waals surface area contributed by atoms with Gasteiger partial charge in [0.25, 0.3) is 0 Å². The van der Waals surface area contributed by atoms with Crippen LogP contribution in [0.3, 0.4) is 0 Å². The maximum Gasteiger partial charge on any atom is 0.115 e. The Balaban J connectivity index is 2.06. The molecule has 1 saturated heterocycles. The molecule has 0 radical (unpaired) electrons. The van der Waals surface area contributed by atoms with Crippen molar-refractivity contribution in [3.8, 4) is 5.75 Å². The summed E-state index contributed by atoms with van der Waals surface area (Å²) in [4.78, 5) is 0. The Morgan fingerprint density at radius 1 is 1.36 bits per heavy atom. The molecular formula is C9H11NO. The van der Waals surface area contributed by atoms with Gasteiger partial charge in [-0.3, -0.25) is 0 Å². The minimum atomic E-state index is 0.345. The predicted molar refractivity (Wildman–Crippen MR) is 43.6 cm³/mol. The molecule has 0 aliphatic carbocycles. The van der Waals surface area contributed by atoms with Gasteiger partial charge in [0.2, 0.25) is 0 Å². The molecule has 2 heteroatoms. The van der Waals surface area contributed by atoms with E-state index in [9.17, 15) is 0 Å². The third kappa shape index (κ3) is 1.71. The molecule has 0 spiro atoms. The fraction of sp³-hybridized carbons (Fsp3) is 0.333. The molecule has 0 bridgehead atoms. The van der Waals surface area contributed by atoms with Gasteiger partial charge in [0.05, 0.1) is 0 Å². The van der Waals surface area contributed by atoms with E-state index in [1.807, 2.05) is 12.1 Å². The summed E-state index contributed by atoms with van der Waals surface area (Å²) in [6.45, 7) is 1.14. The fourth-order valence-electron chi connectivity index (χ4n) is 1.14. The van der Waals surface area contributed by atoms with Crippen LogP contribution < -0.4 is 5.32 Å². The van der Waals surface area contributed by atoms with E-state index in [4.69, 9.17) is 5.11 Å². The summed E-state index contributed by atoms with van der Waals surface area (Å²) < 4.78 is 0. The van der Waals surface area contributed by atoms with Gasteiger partial charge in [0, 0.05) is 12.6 Å². The van der Waals surface area contributed by atoms with Crippen molar-refractivity contribution in [3.63, 3.8) is 0 Å². The second kappa shape index (κ2) is 2.55. The van der Waals surface area contributed by atoms with E-state index in [1.54, 1.807) is 12.1 Å². The molecule has 58 valence electrons. The van der Waals surface area contributed by atoms with Crippen LogP contribution in [-0.4, -0.2) is 17.7 Å². The van der Waals surface area contributed by atoms with E-state index in [0.29, 0.717) is 11.8 Å². The average Bonchev–Trinajstić information content (AvgIpc) is 2.78. The Labute approximate surface area is 65.9 Å². The van der Waals surface area contributed by atoms with Gasteiger partial charge in [0.1, 0.15) is 5.75 Å². The second-order valence-electron chi connectivity index (χ2n) is 2.98. The van der Waals surface area contributed by atoms with Gasteiger partial charge in [-0.05, 0) is 24.1 Å². The molecule has 1 unspecified atom stereocenters. The van der Waals surface area contributed by atoms with Crippen LogP contribution in [0.2, 0.25) is 0 Å². The number of nitrogens with one attached hydrogen (secondary N) is 1. The van der Waals surface area contributed by atoms with Crippen LogP contribution in [-0.2, 0) is 6.42 Å². The average molecular weight is 149 g/mol. The molecule has 2 N–H and O–H groups in total. The van der Waals surface area contributed by atoms with E-state index in [0.717, 1.165) is 13.0 Å². The second-order valence-corrected chi connectivity index (χ2v) is 2.98. The molecule has 1 fully saturated rings. The zero-order chi connectivity index (χ0) is 7.68. The van der Waals surface area contributed by atoms with Crippen LogP contribution in [0.1, 0.15) is 5.56 Å². The largest absolute Gasteiger partial charge is 0.508 e. The lowest BCUT2D eigenvalue weighted by Crippen LogP contribution is -1.95. The van der Waals surface area contributed by atoms with Gasteiger partial charge in [-0.15, -0.1) is 0 Å². The molecule has 2 rings (SSSR count). The number of hydrogen-bond acceptors (Lipinski definition) is 2. The highest BCUT2D eigenvalue weighted by atomic mass is 16.3. The number of rotatable bonds is 2. The molecule has 11 heavy (non-hydrogen) atoms. The van der Waals surface area contributed by atoms with Crippen molar-refractivity contribution in [2.24, 2.45) is 0 Å². The summed E-state index contributed by atoms with van der Waals surface area (Å²) in [6.07, 6.45) is 1.08. The Morgan fingerprint density at radius 3 is 2.55 bits per heavy atom. The minimum Gasteiger partial charge on any atom is -0.508 e. The molecule has 1 aromatic carbocycles. The van der Waals surface area contributed by atoms with Crippen LogP contribution in [0.5, 0.6) is 5.75 Å². The fourth-order valence-corrected chi connectivity index (χ4v) is 1.14. The lowest BCUT2D eigenvalue weighted by atomic mass is 10.1. The van der Waals surface area contributed by atoms with Gasteiger partial charge >= 0.3 is 0 Å². The molecule has 1 aromatic rings. The summed E-state index contributed by atoms with van der Waals surface area (Å²) in [5.74, 6) is 0.345. The monoisotopic (exact) mass is 149 g/mol. The first-order chi connectivity index (χ1) is 5.34. The van der Waals surface area contributed by atoms with Gasteiger partial charge in [-0.25, -0.2) is 0 Å². The number of phenols is 1. The van der Waals surface area contributed by atoms with Gasteiger partial charge in [0.15, 0.2) is 0 Å². The van der Waals surface area contributed by atoms with Crippen molar-refractivity contribution in [2.45, 2.75) is 12.5 Å². The third-order valence-electron chi connectivity index (χ3n) is 1.91. The predicted octanol–water partition coefficient (Wildman–Crippen LogP) is 0.907. The van der Waals surface area contributed by atoms with Crippen LogP contribution in [0.25, 0.3) is 0 Å². The van der Waals surface area contributed by atoms with Crippen LogP contribution in [0, 0.1) is 0 Å². The SMILES string of the molecule is Oc1ccc(CC2CN2)cc1. The minimum absolute atomic E-state index is 0.345. The molecule has 1 heterocycles. The topological polar surface area (TPSA) is 42.2 Å². The van der Waals surface area contributed by atoms with Crippen molar-refractivity contribution in [1.29, 1.82) is 0 Å². The molecule has 0 amide bonds. The van der Waals surface area contributed by atoms with Gasteiger partial charge in [-0.2, -0.15) is 0 Å². The molecule has 1 aliphatic heterocycles. The summed E-state index contributed by atoms with van der Waals surface area (Å²) in [6, 6.07) is 8.08. The highest BCUT2D eigenvalue weighted by Gasteiger charge is 2.19. The highest BCUT2D eigenvalue weighted by Crippen LogP contribution is 2.13. The third-order valence-corrected chi connectivity index (χ3v) is 1.91. The first-order valence-corrected chi connectivity index (χ1v) is 3.86. The van der Waals surface area contributed by atoms with E-state index in [2.05, 4.69) is 5.32 Å². The first-order valence-electron chi connectivity index (χ1n) is 3.86. The Morgan fingerprint density at radius 2 is 2.00 bits per heavy atom. The van der Waals surface area contributed by atoms with Crippen LogP contribution >= 0.6 is 0 Å². The van der Waals surface area contributed by atoms with E-state index < -0.39 is 0 Å². The Hall–Kier alpha value is -1.02. The highest BCUT2D eigenvalue weighted by molar-refractivity contribution is 5.26. The Bertz CT molecular complexity index is 238. The molecule has 2 nitrogen and oxygen atoms in total. The van der Waals surface area contributed by atoms with Crippen molar-refractivity contribution in [3.05, 3.63) is 29.8 Å². The summed E-state index contributed by atoms with van der Waals surface area (Å²) in [5.41, 5.74) is 1.29. The Kier molecular flexibility index (Phi) is 1.55. The number of phenolic OH excluding ortho intramolecular Hbond substituents is 1. The standard InChI is InChI=1S/C9H11NO/c11-9-3-1-7(2-4-9)5-8-6-10-8/h1-4,8,10-11H,5-6H2. The van der Waals surface area contributed by atoms with Crippen LogP contribution in [0.15, 0.2) is 24.3 Å². The lowest BCUT2D eigenvalue weighted by molar-refractivity contribution is 0.475. The maximum absolute atomic E-state index is 8.99. The lowest BCUT2D eigenvalue weighted by Gasteiger charge is -1.97. The summed E-state index contributed by atoms with van der Waals surface area (Å²) in [7, 11) is 0. The number of hydrogen-bond donors (Lipinski definition) is 2. The normalized spacial score (nSPS) is 21.6. The van der Waals surface area contributed by atoms with Crippen molar-refractivity contribution < 1.29 is 5.11 Å². The van der Waals surface area contributed by atoms with Crippen molar-refractivity contribution in [2.75, 3.05) is 6.54 Å². The quantitative estimate of drug-likeness (QED) is 0.614. The summed E-state index contributed by atoms with van der Waals surface area (Å²) in [5, 5.41) is 12.2. The van der Waals surface area contributed by atoms with Crippen molar-refractivity contribution >= 4 is 0 Å². The molecule has 0 aromatic heterocycles. The zero-order valence-electron chi connectivity index (χ0n) is 6.25. The van der Waals surface area contributed by atoms with Gasteiger partial charge in [-0.1, -0.05) is 12.1 Å². The molecular weight excluding hydrogens is 138 g/mol. The number of benzene rings is 1. The maximum atomic E-state index is 8.99. The molecule has 0 saturated carbocycles. The molecule has 1 aliphatic rings. The van der Waals surface area contributed by atoms with Crippen LogP contribution in [0.4, 0.5) is 0 Å². The van der Waals surface area contributed by atoms with Crippen molar-refractivity contribution in [1.82, 2.24) is 5.32 Å². The first kappa shape index (κ1) is 6.68. The van der Waals surface area contributed by atoms with E-state index in [1.165, 1.54) is 5.56 Å².